The summed E-state index contributed by atoms with van der Waals surface area (Å²) in [4.78, 5) is 23.2. The second-order valence-electron chi connectivity index (χ2n) is 5.06. The van der Waals surface area contributed by atoms with Crippen LogP contribution in [-0.4, -0.2) is 39.2 Å². The number of methoxy groups -OCH3 is 1. The molecular weight excluding hydrogens is 234 g/mol. The van der Waals surface area contributed by atoms with Crippen LogP contribution in [0.5, 0.6) is 0 Å². The lowest BCUT2D eigenvalue weighted by Gasteiger charge is -2.23. The maximum absolute atomic E-state index is 11.6. The lowest BCUT2D eigenvalue weighted by molar-refractivity contribution is -0.150. The zero-order valence-electron chi connectivity index (χ0n) is 12.0. The van der Waals surface area contributed by atoms with Crippen LogP contribution >= 0.6 is 0 Å². The van der Waals surface area contributed by atoms with Gasteiger partial charge in [0.05, 0.1) is 12.5 Å². The Hall–Kier alpha value is -1.10. The highest BCUT2D eigenvalue weighted by atomic mass is 16.6. The van der Waals surface area contributed by atoms with Crippen molar-refractivity contribution in [1.82, 2.24) is 5.32 Å². The average molecular weight is 259 g/mol. The summed E-state index contributed by atoms with van der Waals surface area (Å²) in [6.45, 7) is 6.24. The summed E-state index contributed by atoms with van der Waals surface area (Å²) in [6, 6.07) is 0. The minimum absolute atomic E-state index is 0.0116. The molecule has 0 aliphatic heterocycles. The number of ether oxygens (including phenoxy) is 2. The van der Waals surface area contributed by atoms with Crippen LogP contribution in [0.2, 0.25) is 0 Å². The molecule has 1 amide bonds. The highest BCUT2D eigenvalue weighted by molar-refractivity contribution is 5.81. The Morgan fingerprint density at radius 3 is 2.39 bits per heavy atom. The fourth-order valence-electron chi connectivity index (χ4n) is 1.51. The molecule has 1 N–H and O–H groups in total. The predicted octanol–water partition coefficient (Wildman–Crippen LogP) is 1.36. The first-order valence-corrected chi connectivity index (χ1v) is 6.23. The van der Waals surface area contributed by atoms with Crippen molar-refractivity contribution in [2.75, 3.05) is 27.4 Å². The molecule has 0 aliphatic rings. The fourth-order valence-corrected chi connectivity index (χ4v) is 1.51. The van der Waals surface area contributed by atoms with Gasteiger partial charge in [0.25, 0.3) is 0 Å². The van der Waals surface area contributed by atoms with Crippen molar-refractivity contribution in [2.24, 2.45) is 11.3 Å². The van der Waals surface area contributed by atoms with E-state index in [2.05, 4.69) is 5.32 Å². The Labute approximate surface area is 109 Å². The quantitative estimate of drug-likeness (QED) is 0.528. The smallest absolute Gasteiger partial charge is 0.308 e. The number of amides is 1. The lowest BCUT2D eigenvalue weighted by atomic mass is 9.84. The molecule has 0 spiro atoms. The highest BCUT2D eigenvalue weighted by Gasteiger charge is 2.28. The molecule has 0 aromatic carbocycles. The number of carbonyl (C=O) groups is 2. The molecule has 0 aromatic rings. The van der Waals surface area contributed by atoms with Crippen molar-refractivity contribution in [2.45, 2.75) is 33.6 Å². The number of hydrogen-bond acceptors (Lipinski definition) is 4. The van der Waals surface area contributed by atoms with E-state index in [9.17, 15) is 9.59 Å². The Bertz CT molecular complexity index is 276. The lowest BCUT2D eigenvalue weighted by Crippen LogP contribution is -2.35. The third-order valence-corrected chi connectivity index (χ3v) is 2.98. The van der Waals surface area contributed by atoms with Gasteiger partial charge in [-0.25, -0.2) is 0 Å². The molecule has 0 heterocycles. The molecule has 1 unspecified atom stereocenters. The Morgan fingerprint density at radius 1 is 1.28 bits per heavy atom. The Kier molecular flexibility index (Phi) is 7.59. The summed E-state index contributed by atoms with van der Waals surface area (Å²) < 4.78 is 9.83. The normalized spacial score (nSPS) is 12.9. The van der Waals surface area contributed by atoms with E-state index >= 15 is 0 Å². The number of carbonyl (C=O) groups excluding carboxylic acids is 2. The Morgan fingerprint density at radius 2 is 1.89 bits per heavy atom. The van der Waals surface area contributed by atoms with E-state index < -0.39 is 5.41 Å². The van der Waals surface area contributed by atoms with Crippen molar-refractivity contribution < 1.29 is 19.1 Å². The maximum Gasteiger partial charge on any atom is 0.308 e. The van der Waals surface area contributed by atoms with Gasteiger partial charge in [0.15, 0.2) is 0 Å². The molecule has 0 aliphatic carbocycles. The number of nitrogens with one attached hydrogen (secondary N) is 1. The first-order valence-electron chi connectivity index (χ1n) is 6.23. The topological polar surface area (TPSA) is 64.6 Å². The number of esters is 1. The van der Waals surface area contributed by atoms with Crippen molar-refractivity contribution in [3.63, 3.8) is 0 Å². The second kappa shape index (κ2) is 8.08. The molecule has 0 radical (unpaired) electrons. The van der Waals surface area contributed by atoms with Gasteiger partial charge < -0.3 is 14.8 Å². The van der Waals surface area contributed by atoms with Gasteiger partial charge in [-0.15, -0.1) is 0 Å². The van der Waals surface area contributed by atoms with Crippen LogP contribution in [0.4, 0.5) is 0 Å². The summed E-state index contributed by atoms with van der Waals surface area (Å²) in [5.74, 6) is -0.451. The third-order valence-electron chi connectivity index (χ3n) is 2.98. The first kappa shape index (κ1) is 16.9. The van der Waals surface area contributed by atoms with E-state index in [4.69, 9.17) is 9.47 Å². The van der Waals surface area contributed by atoms with Crippen LogP contribution in [-0.2, 0) is 19.1 Å². The summed E-state index contributed by atoms with van der Waals surface area (Å²) in [5, 5.41) is 2.63. The van der Waals surface area contributed by atoms with Crippen molar-refractivity contribution in [3.05, 3.63) is 0 Å². The van der Waals surface area contributed by atoms with E-state index in [0.717, 1.165) is 0 Å². The van der Waals surface area contributed by atoms with Gasteiger partial charge in [0.2, 0.25) is 5.91 Å². The molecule has 5 nitrogen and oxygen atoms in total. The van der Waals surface area contributed by atoms with E-state index in [0.29, 0.717) is 19.4 Å². The molecule has 18 heavy (non-hydrogen) atoms. The molecule has 0 bridgehead atoms. The number of rotatable bonds is 8. The van der Waals surface area contributed by atoms with Gasteiger partial charge in [-0.2, -0.15) is 0 Å². The maximum atomic E-state index is 11.6. The summed E-state index contributed by atoms with van der Waals surface area (Å²) in [5.41, 5.74) is -0.462. The van der Waals surface area contributed by atoms with Crippen molar-refractivity contribution in [1.29, 1.82) is 0 Å². The van der Waals surface area contributed by atoms with Crippen LogP contribution in [0.25, 0.3) is 0 Å². The van der Waals surface area contributed by atoms with Gasteiger partial charge in [0, 0.05) is 19.6 Å². The summed E-state index contributed by atoms with van der Waals surface area (Å²) >= 11 is 0. The van der Waals surface area contributed by atoms with E-state index in [1.54, 1.807) is 14.2 Å². The van der Waals surface area contributed by atoms with Crippen LogP contribution in [0.1, 0.15) is 33.6 Å². The molecule has 106 valence electrons. The summed E-state index contributed by atoms with van der Waals surface area (Å²) in [6.07, 6.45) is 1.28. The average Bonchev–Trinajstić information content (AvgIpc) is 2.34. The zero-order valence-corrected chi connectivity index (χ0v) is 12.0. The molecule has 0 rings (SSSR count). The van der Waals surface area contributed by atoms with Gasteiger partial charge >= 0.3 is 5.97 Å². The molecular formula is C13H25NO4. The van der Waals surface area contributed by atoms with Crippen molar-refractivity contribution in [3.8, 4) is 0 Å². The minimum Gasteiger partial charge on any atom is -0.463 e. The third kappa shape index (κ3) is 6.00. The first-order chi connectivity index (χ1) is 8.35. The fraction of sp³-hybridized carbons (Fsp3) is 0.846. The second-order valence-corrected chi connectivity index (χ2v) is 5.06. The predicted molar refractivity (Wildman–Crippen MR) is 69.1 cm³/mol. The van der Waals surface area contributed by atoms with Gasteiger partial charge in [-0.3, -0.25) is 9.59 Å². The van der Waals surface area contributed by atoms with Crippen LogP contribution in [0.15, 0.2) is 0 Å². The van der Waals surface area contributed by atoms with E-state index in [1.807, 2.05) is 20.8 Å². The molecule has 0 aromatic heterocycles. The van der Waals surface area contributed by atoms with Crippen LogP contribution < -0.4 is 5.32 Å². The standard InChI is InChI=1S/C13H25NO4/c1-10(11(15)18-9-8-17-5)6-7-13(2,3)12(16)14-4/h10H,6-9H2,1-5H3,(H,14,16). The molecule has 5 heteroatoms. The Balaban J connectivity index is 4.05. The van der Waals surface area contributed by atoms with Gasteiger partial charge in [-0.1, -0.05) is 20.8 Å². The van der Waals surface area contributed by atoms with Gasteiger partial charge in [-0.05, 0) is 12.8 Å². The van der Waals surface area contributed by atoms with Crippen LogP contribution in [0, 0.1) is 11.3 Å². The summed E-state index contributed by atoms with van der Waals surface area (Å²) in [7, 11) is 3.18. The number of hydrogen-bond donors (Lipinski definition) is 1. The monoisotopic (exact) mass is 259 g/mol. The van der Waals surface area contributed by atoms with Crippen LogP contribution in [0.3, 0.4) is 0 Å². The van der Waals surface area contributed by atoms with Gasteiger partial charge in [0.1, 0.15) is 6.61 Å². The van der Waals surface area contributed by atoms with E-state index in [-0.39, 0.29) is 24.4 Å². The highest BCUT2D eigenvalue weighted by Crippen LogP contribution is 2.25. The molecule has 0 saturated carbocycles. The van der Waals surface area contributed by atoms with Crippen molar-refractivity contribution >= 4 is 11.9 Å². The largest absolute Gasteiger partial charge is 0.463 e. The molecule has 1 atom stereocenters. The SMILES string of the molecule is CNC(=O)C(C)(C)CCC(C)C(=O)OCCOC. The zero-order chi connectivity index (χ0) is 14.2. The molecule has 0 fully saturated rings. The van der Waals surface area contributed by atoms with E-state index in [1.165, 1.54) is 0 Å². The molecule has 0 saturated heterocycles. The minimum atomic E-state index is -0.462.